The first kappa shape index (κ1) is 22.9. The lowest BCUT2D eigenvalue weighted by atomic mass is 10.1. The fourth-order valence-electron chi connectivity index (χ4n) is 3.28. The number of nitrogens with zero attached hydrogens (tertiary/aromatic N) is 4. The smallest absolute Gasteiger partial charge is 0.236 e. The Hall–Kier alpha value is -3.25. The van der Waals surface area contributed by atoms with Gasteiger partial charge in [0, 0.05) is 24.7 Å². The molecule has 3 aromatic rings. The maximum absolute atomic E-state index is 12.7. The van der Waals surface area contributed by atoms with Gasteiger partial charge in [-0.1, -0.05) is 34.3 Å². The van der Waals surface area contributed by atoms with Crippen LogP contribution in [0.2, 0.25) is 0 Å². The Morgan fingerprint density at radius 2 is 2.00 bits per heavy atom. The van der Waals surface area contributed by atoms with E-state index in [9.17, 15) is 14.4 Å². The van der Waals surface area contributed by atoms with E-state index in [0.717, 1.165) is 16.8 Å². The molecular weight excluding hydrogens is 464 g/mol. The van der Waals surface area contributed by atoms with Crippen LogP contribution in [0.1, 0.15) is 23.3 Å². The number of hydrogen-bond donors (Lipinski definition) is 2. The normalized spacial score (nSPS) is 15.7. The van der Waals surface area contributed by atoms with Gasteiger partial charge in [-0.15, -0.1) is 10.2 Å². The van der Waals surface area contributed by atoms with Crippen molar-refractivity contribution in [1.29, 1.82) is 0 Å². The van der Waals surface area contributed by atoms with E-state index in [1.54, 1.807) is 17.9 Å². The number of hydrogen-bond acceptors (Lipinski definition) is 9. The first-order valence-corrected chi connectivity index (χ1v) is 12.0. The van der Waals surface area contributed by atoms with E-state index in [0.29, 0.717) is 27.6 Å². The molecule has 0 spiro atoms. The molecule has 4 rings (SSSR count). The van der Waals surface area contributed by atoms with Crippen molar-refractivity contribution in [3.63, 3.8) is 0 Å². The minimum absolute atomic E-state index is 0.0831. The van der Waals surface area contributed by atoms with Gasteiger partial charge in [0.15, 0.2) is 10.2 Å². The van der Waals surface area contributed by atoms with Crippen LogP contribution < -0.4 is 15.5 Å². The minimum atomic E-state index is -0.476. The molecule has 172 valence electrons. The third-order valence-corrected chi connectivity index (χ3v) is 7.13. The Morgan fingerprint density at radius 3 is 2.73 bits per heavy atom. The lowest BCUT2D eigenvalue weighted by molar-refractivity contribution is -0.122. The van der Waals surface area contributed by atoms with E-state index >= 15 is 0 Å². The van der Waals surface area contributed by atoms with Crippen molar-refractivity contribution in [2.75, 3.05) is 27.8 Å². The van der Waals surface area contributed by atoms with Gasteiger partial charge in [0.1, 0.15) is 5.76 Å². The second-order valence-electron chi connectivity index (χ2n) is 7.70. The van der Waals surface area contributed by atoms with Crippen molar-refractivity contribution in [3.05, 3.63) is 41.2 Å². The molecule has 1 atom stereocenters. The molecule has 0 unspecified atom stereocenters. The summed E-state index contributed by atoms with van der Waals surface area (Å²) in [6.07, 6.45) is 0.140. The predicted octanol–water partition coefficient (Wildman–Crippen LogP) is 3.17. The number of nitrogens with one attached hydrogen (secondary N) is 2. The number of amides is 3. The van der Waals surface area contributed by atoms with Crippen LogP contribution in [0.15, 0.2) is 33.1 Å². The van der Waals surface area contributed by atoms with E-state index < -0.39 is 5.92 Å². The number of rotatable bonds is 7. The highest BCUT2D eigenvalue weighted by Crippen LogP contribution is 2.29. The first-order valence-electron chi connectivity index (χ1n) is 10.2. The molecule has 1 aliphatic heterocycles. The van der Waals surface area contributed by atoms with Crippen LogP contribution in [0, 0.1) is 26.7 Å². The number of carbonyl (C=O) groups excluding carboxylic acids is 3. The number of aromatic nitrogens is 3. The largest absolute Gasteiger partial charge is 0.360 e. The summed E-state index contributed by atoms with van der Waals surface area (Å²) in [4.78, 5) is 38.8. The number of carbonyl (C=O) groups is 3. The summed E-state index contributed by atoms with van der Waals surface area (Å²) in [5.41, 5.74) is 3.04. The molecule has 33 heavy (non-hydrogen) atoms. The monoisotopic (exact) mass is 486 g/mol. The maximum atomic E-state index is 12.7. The average molecular weight is 487 g/mol. The zero-order valence-electron chi connectivity index (χ0n) is 18.2. The zero-order chi connectivity index (χ0) is 23.5. The van der Waals surface area contributed by atoms with Gasteiger partial charge >= 0.3 is 0 Å². The summed E-state index contributed by atoms with van der Waals surface area (Å²) < 4.78 is 5.44. The molecule has 0 bridgehead atoms. The summed E-state index contributed by atoms with van der Waals surface area (Å²) in [6, 6.07) is 7.45. The molecular formula is C21H22N6O4S2. The van der Waals surface area contributed by atoms with Gasteiger partial charge in [0.2, 0.25) is 22.9 Å². The van der Waals surface area contributed by atoms with E-state index in [-0.39, 0.29) is 29.9 Å². The highest BCUT2D eigenvalue weighted by molar-refractivity contribution is 8.01. The van der Waals surface area contributed by atoms with Crippen molar-refractivity contribution in [2.24, 2.45) is 5.92 Å². The molecule has 1 saturated heterocycles. The summed E-state index contributed by atoms with van der Waals surface area (Å²) in [5.74, 6) is -0.0355. The third-order valence-electron chi connectivity index (χ3n) is 5.16. The van der Waals surface area contributed by atoms with Crippen LogP contribution in [0.25, 0.3) is 0 Å². The summed E-state index contributed by atoms with van der Waals surface area (Å²) >= 11 is 2.37. The van der Waals surface area contributed by atoms with Crippen molar-refractivity contribution in [2.45, 2.75) is 31.5 Å². The molecule has 0 saturated carbocycles. The SMILES string of the molecule is Cc1cc(NC(=O)CSc2nnc(NC(=O)[C@H]3CC(=O)N(c4ccc(C)c(C)c4)C3)s2)no1. The van der Waals surface area contributed by atoms with Gasteiger partial charge in [0.05, 0.1) is 11.7 Å². The fourth-order valence-corrected chi connectivity index (χ4v) is 4.84. The molecule has 10 nitrogen and oxygen atoms in total. The highest BCUT2D eigenvalue weighted by Gasteiger charge is 2.35. The molecule has 2 N–H and O–H groups in total. The first-order chi connectivity index (χ1) is 15.8. The highest BCUT2D eigenvalue weighted by atomic mass is 32.2. The van der Waals surface area contributed by atoms with Crippen molar-refractivity contribution in [1.82, 2.24) is 15.4 Å². The number of benzene rings is 1. The zero-order valence-corrected chi connectivity index (χ0v) is 19.9. The van der Waals surface area contributed by atoms with Crippen LogP contribution in [-0.4, -0.2) is 45.4 Å². The predicted molar refractivity (Wildman–Crippen MR) is 126 cm³/mol. The van der Waals surface area contributed by atoms with Gasteiger partial charge in [-0.3, -0.25) is 14.4 Å². The third kappa shape index (κ3) is 5.57. The topological polar surface area (TPSA) is 130 Å². The minimum Gasteiger partial charge on any atom is -0.360 e. The summed E-state index contributed by atoms with van der Waals surface area (Å²) in [5, 5.41) is 17.4. The van der Waals surface area contributed by atoms with E-state index in [2.05, 4.69) is 26.0 Å². The molecule has 12 heteroatoms. The second-order valence-corrected chi connectivity index (χ2v) is 9.90. The Bertz CT molecular complexity index is 1210. The molecule has 1 fully saturated rings. The van der Waals surface area contributed by atoms with Crippen LogP contribution in [0.4, 0.5) is 16.6 Å². The molecule has 0 radical (unpaired) electrons. The van der Waals surface area contributed by atoms with E-state index in [1.165, 1.54) is 23.1 Å². The number of thioether (sulfide) groups is 1. The number of anilines is 3. The molecule has 1 aliphatic rings. The van der Waals surface area contributed by atoms with Crippen LogP contribution in [0.3, 0.4) is 0 Å². The quantitative estimate of drug-likeness (QED) is 0.385. The van der Waals surface area contributed by atoms with Crippen LogP contribution in [-0.2, 0) is 14.4 Å². The molecule has 1 aromatic carbocycles. The Kier molecular flexibility index (Phi) is 6.75. The lowest BCUT2D eigenvalue weighted by Gasteiger charge is -2.17. The molecule has 3 heterocycles. The molecule has 2 aromatic heterocycles. The Morgan fingerprint density at radius 1 is 1.18 bits per heavy atom. The molecule has 0 aliphatic carbocycles. The fraction of sp³-hybridized carbons (Fsp3) is 0.333. The molecule has 3 amide bonds. The van der Waals surface area contributed by atoms with Crippen molar-refractivity contribution in [3.8, 4) is 0 Å². The summed E-state index contributed by atoms with van der Waals surface area (Å²) in [7, 11) is 0. The van der Waals surface area contributed by atoms with Crippen LogP contribution in [0.5, 0.6) is 0 Å². The van der Waals surface area contributed by atoms with Crippen molar-refractivity contribution >= 4 is 57.5 Å². The Labute approximate surface area is 198 Å². The standard InChI is InChI=1S/C21H22N6O4S2/c1-11-4-5-15(6-12(11)2)27-9-14(8-18(27)29)19(30)23-20-24-25-21(33-20)32-10-17(28)22-16-7-13(3)31-26-16/h4-7,14H,8-10H2,1-3H3,(H,22,26,28)(H,23,24,30)/t14-/m0/s1. The second kappa shape index (κ2) is 9.71. The van der Waals surface area contributed by atoms with Gasteiger partial charge < -0.3 is 20.1 Å². The summed E-state index contributed by atoms with van der Waals surface area (Å²) in [6.45, 7) is 6.06. The van der Waals surface area contributed by atoms with Gasteiger partial charge in [-0.05, 0) is 44.0 Å². The van der Waals surface area contributed by atoms with Crippen LogP contribution >= 0.6 is 23.1 Å². The lowest BCUT2D eigenvalue weighted by Crippen LogP contribution is -2.28. The maximum Gasteiger partial charge on any atom is 0.236 e. The van der Waals surface area contributed by atoms with Gasteiger partial charge in [-0.25, -0.2) is 0 Å². The van der Waals surface area contributed by atoms with E-state index in [4.69, 9.17) is 4.52 Å². The van der Waals surface area contributed by atoms with Crippen molar-refractivity contribution < 1.29 is 18.9 Å². The van der Waals surface area contributed by atoms with Gasteiger partial charge in [0.25, 0.3) is 0 Å². The van der Waals surface area contributed by atoms with E-state index in [1.807, 2.05) is 32.0 Å². The number of aryl methyl sites for hydroxylation is 3. The van der Waals surface area contributed by atoms with Gasteiger partial charge in [-0.2, -0.15) is 0 Å². The average Bonchev–Trinajstić information content (AvgIpc) is 3.49. The Balaban J connectivity index is 1.29.